The van der Waals surface area contributed by atoms with Crippen molar-refractivity contribution < 1.29 is 13.2 Å². The molecule has 0 bridgehead atoms. The summed E-state index contributed by atoms with van der Waals surface area (Å²) in [6.45, 7) is 5.52. The molecule has 19 heavy (non-hydrogen) atoms. The van der Waals surface area contributed by atoms with Crippen LogP contribution in [0.15, 0.2) is 0 Å². The van der Waals surface area contributed by atoms with Gasteiger partial charge in [-0.1, -0.05) is 0 Å². The van der Waals surface area contributed by atoms with Gasteiger partial charge in [0.1, 0.15) is 0 Å². The van der Waals surface area contributed by atoms with Crippen LogP contribution in [0.2, 0.25) is 0 Å². The molecule has 0 spiro atoms. The van der Waals surface area contributed by atoms with Gasteiger partial charge in [0, 0.05) is 18.6 Å². The summed E-state index contributed by atoms with van der Waals surface area (Å²) in [5, 5.41) is 3.51. The zero-order chi connectivity index (χ0) is 13.9. The molecular formula is C14H25F3N2. The Morgan fingerprint density at radius 3 is 2.21 bits per heavy atom. The zero-order valence-electron chi connectivity index (χ0n) is 11.7. The molecule has 0 aromatic rings. The van der Waals surface area contributed by atoms with E-state index in [1.54, 1.807) is 0 Å². The number of hydrogen-bond acceptors (Lipinski definition) is 2. The van der Waals surface area contributed by atoms with Crippen molar-refractivity contribution in [1.29, 1.82) is 0 Å². The molecule has 0 radical (unpaired) electrons. The number of hydrogen-bond donors (Lipinski definition) is 1. The highest BCUT2D eigenvalue weighted by Crippen LogP contribution is 2.37. The predicted octanol–water partition coefficient (Wildman–Crippen LogP) is 3.18. The molecular weight excluding hydrogens is 253 g/mol. The highest BCUT2D eigenvalue weighted by molar-refractivity contribution is 4.83. The molecule has 2 rings (SSSR count). The topological polar surface area (TPSA) is 15.3 Å². The van der Waals surface area contributed by atoms with Gasteiger partial charge in [0.15, 0.2) is 0 Å². The van der Waals surface area contributed by atoms with E-state index >= 15 is 0 Å². The van der Waals surface area contributed by atoms with Gasteiger partial charge in [-0.15, -0.1) is 0 Å². The predicted molar refractivity (Wildman–Crippen MR) is 70.1 cm³/mol. The Morgan fingerprint density at radius 1 is 1.11 bits per heavy atom. The summed E-state index contributed by atoms with van der Waals surface area (Å²) in [5.41, 5.74) is 0. The maximum absolute atomic E-state index is 12.6. The lowest BCUT2D eigenvalue weighted by molar-refractivity contribution is -0.182. The SMILES string of the molecule is CC(CN1CCCC1)NC1CCC(C(F)(F)F)CC1. The van der Waals surface area contributed by atoms with Crippen LogP contribution >= 0.6 is 0 Å². The third-order valence-corrected chi connectivity index (χ3v) is 4.44. The molecule has 1 N–H and O–H groups in total. The van der Waals surface area contributed by atoms with Crippen LogP contribution in [-0.2, 0) is 0 Å². The highest BCUT2D eigenvalue weighted by Gasteiger charge is 2.41. The van der Waals surface area contributed by atoms with Crippen LogP contribution in [0.25, 0.3) is 0 Å². The van der Waals surface area contributed by atoms with Gasteiger partial charge in [-0.05, 0) is 58.5 Å². The summed E-state index contributed by atoms with van der Waals surface area (Å²) < 4.78 is 37.7. The number of alkyl halides is 3. The van der Waals surface area contributed by atoms with Crippen molar-refractivity contribution in [1.82, 2.24) is 10.2 Å². The smallest absolute Gasteiger partial charge is 0.310 e. The minimum Gasteiger partial charge on any atom is -0.310 e. The van der Waals surface area contributed by atoms with Gasteiger partial charge in [-0.25, -0.2) is 0 Å². The zero-order valence-corrected chi connectivity index (χ0v) is 11.7. The van der Waals surface area contributed by atoms with Crippen LogP contribution < -0.4 is 5.32 Å². The fourth-order valence-electron chi connectivity index (χ4n) is 3.39. The van der Waals surface area contributed by atoms with E-state index < -0.39 is 12.1 Å². The fourth-order valence-corrected chi connectivity index (χ4v) is 3.39. The van der Waals surface area contributed by atoms with E-state index in [-0.39, 0.29) is 18.9 Å². The van der Waals surface area contributed by atoms with Crippen LogP contribution in [0.3, 0.4) is 0 Å². The molecule has 2 nitrogen and oxygen atoms in total. The molecule has 112 valence electrons. The molecule has 1 aliphatic heterocycles. The average Bonchev–Trinajstić information content (AvgIpc) is 2.81. The summed E-state index contributed by atoms with van der Waals surface area (Å²) in [5.74, 6) is -1.07. The quantitative estimate of drug-likeness (QED) is 0.849. The van der Waals surface area contributed by atoms with E-state index in [1.807, 2.05) is 0 Å². The molecule has 2 aliphatic rings. The average molecular weight is 278 g/mol. The van der Waals surface area contributed by atoms with Gasteiger partial charge in [0.2, 0.25) is 0 Å². The third kappa shape index (κ3) is 4.63. The van der Waals surface area contributed by atoms with Crippen LogP contribution in [-0.4, -0.2) is 42.8 Å². The molecule has 1 atom stereocenters. The highest BCUT2D eigenvalue weighted by atomic mass is 19.4. The lowest BCUT2D eigenvalue weighted by Gasteiger charge is -2.33. The molecule has 1 aliphatic carbocycles. The lowest BCUT2D eigenvalue weighted by Crippen LogP contribution is -2.45. The van der Waals surface area contributed by atoms with Crippen molar-refractivity contribution in [3.63, 3.8) is 0 Å². The van der Waals surface area contributed by atoms with E-state index in [0.29, 0.717) is 18.9 Å². The molecule has 1 heterocycles. The van der Waals surface area contributed by atoms with E-state index in [4.69, 9.17) is 0 Å². The maximum Gasteiger partial charge on any atom is 0.391 e. The van der Waals surface area contributed by atoms with Crippen LogP contribution in [0, 0.1) is 5.92 Å². The van der Waals surface area contributed by atoms with Crippen LogP contribution in [0.5, 0.6) is 0 Å². The number of rotatable bonds is 4. The van der Waals surface area contributed by atoms with Crippen molar-refractivity contribution in [2.75, 3.05) is 19.6 Å². The molecule has 1 saturated carbocycles. The molecule has 0 aromatic heterocycles. The number of nitrogens with zero attached hydrogens (tertiary/aromatic N) is 1. The Morgan fingerprint density at radius 2 is 1.68 bits per heavy atom. The van der Waals surface area contributed by atoms with E-state index in [9.17, 15) is 13.2 Å². The Hall–Kier alpha value is -0.290. The van der Waals surface area contributed by atoms with Gasteiger partial charge in [-0.3, -0.25) is 0 Å². The monoisotopic (exact) mass is 278 g/mol. The first-order valence-electron chi connectivity index (χ1n) is 7.50. The first kappa shape index (κ1) is 15.1. The fraction of sp³-hybridized carbons (Fsp3) is 1.00. The molecule has 0 amide bonds. The Bertz CT molecular complexity index is 266. The standard InChI is InChI=1S/C14H25F3N2/c1-11(10-19-8-2-3-9-19)18-13-6-4-12(5-7-13)14(15,16)17/h11-13,18H,2-10H2,1H3. The number of halogens is 3. The summed E-state index contributed by atoms with van der Waals surface area (Å²) in [7, 11) is 0. The Labute approximate surface area is 113 Å². The molecule has 1 unspecified atom stereocenters. The Balaban J connectivity index is 1.67. The summed E-state index contributed by atoms with van der Waals surface area (Å²) in [6, 6.07) is 0.654. The van der Waals surface area contributed by atoms with Crippen LogP contribution in [0.4, 0.5) is 13.2 Å². The van der Waals surface area contributed by atoms with Gasteiger partial charge >= 0.3 is 6.18 Å². The minimum absolute atomic E-state index is 0.274. The first-order chi connectivity index (χ1) is 8.95. The van der Waals surface area contributed by atoms with E-state index in [2.05, 4.69) is 17.1 Å². The summed E-state index contributed by atoms with van der Waals surface area (Å²) >= 11 is 0. The summed E-state index contributed by atoms with van der Waals surface area (Å²) in [6.07, 6.45) is 0.469. The largest absolute Gasteiger partial charge is 0.391 e. The maximum atomic E-state index is 12.6. The molecule has 0 aromatic carbocycles. The molecule has 2 fully saturated rings. The number of nitrogens with one attached hydrogen (secondary N) is 1. The second-order valence-electron chi connectivity index (χ2n) is 6.17. The third-order valence-electron chi connectivity index (χ3n) is 4.44. The lowest BCUT2D eigenvalue weighted by atomic mass is 9.85. The minimum atomic E-state index is -3.99. The van der Waals surface area contributed by atoms with E-state index in [1.165, 1.54) is 25.9 Å². The van der Waals surface area contributed by atoms with Gasteiger partial charge in [0.25, 0.3) is 0 Å². The summed E-state index contributed by atoms with van der Waals surface area (Å²) in [4.78, 5) is 2.44. The Kier molecular flexibility index (Phi) is 5.12. The van der Waals surface area contributed by atoms with Crippen molar-refractivity contribution >= 4 is 0 Å². The van der Waals surface area contributed by atoms with Crippen LogP contribution in [0.1, 0.15) is 45.4 Å². The second-order valence-corrected chi connectivity index (χ2v) is 6.17. The van der Waals surface area contributed by atoms with Crippen molar-refractivity contribution in [3.05, 3.63) is 0 Å². The van der Waals surface area contributed by atoms with Crippen molar-refractivity contribution in [2.45, 2.75) is 63.7 Å². The van der Waals surface area contributed by atoms with Crippen molar-refractivity contribution in [2.24, 2.45) is 5.92 Å². The number of likely N-dealkylation sites (tertiary alicyclic amines) is 1. The normalized spacial score (nSPS) is 31.6. The second kappa shape index (κ2) is 6.44. The van der Waals surface area contributed by atoms with Gasteiger partial charge in [0.05, 0.1) is 5.92 Å². The van der Waals surface area contributed by atoms with E-state index in [0.717, 1.165) is 6.54 Å². The van der Waals surface area contributed by atoms with Gasteiger partial charge in [-0.2, -0.15) is 13.2 Å². The first-order valence-corrected chi connectivity index (χ1v) is 7.50. The molecule has 1 saturated heterocycles. The molecule has 5 heteroatoms. The van der Waals surface area contributed by atoms with Gasteiger partial charge < -0.3 is 10.2 Å². The van der Waals surface area contributed by atoms with Crippen molar-refractivity contribution in [3.8, 4) is 0 Å².